The number of benzene rings is 1. The highest BCUT2D eigenvalue weighted by molar-refractivity contribution is 9.09. The third-order valence-electron chi connectivity index (χ3n) is 1.93. The number of ketones is 1. The van der Waals surface area contributed by atoms with Gasteiger partial charge < -0.3 is 0 Å². The van der Waals surface area contributed by atoms with Crippen molar-refractivity contribution in [1.29, 1.82) is 0 Å². The van der Waals surface area contributed by atoms with Crippen LogP contribution in [-0.4, -0.2) is 11.1 Å². The van der Waals surface area contributed by atoms with Crippen molar-refractivity contribution in [3.63, 3.8) is 0 Å². The van der Waals surface area contributed by atoms with Crippen molar-refractivity contribution in [2.24, 2.45) is 0 Å². The molecule has 0 saturated heterocycles. The van der Waals surface area contributed by atoms with Gasteiger partial charge in [-0.05, 0) is 24.6 Å². The average Bonchev–Trinajstić information content (AvgIpc) is 2.17. The second-order valence-electron chi connectivity index (χ2n) is 3.20. The Morgan fingerprint density at radius 2 is 2.00 bits per heavy atom. The largest absolute Gasteiger partial charge is 0.294 e. The minimum atomic E-state index is 0.202. The van der Waals surface area contributed by atoms with Gasteiger partial charge in [0.15, 0.2) is 5.78 Å². The summed E-state index contributed by atoms with van der Waals surface area (Å²) in [5, 5.41) is 1.52. The zero-order chi connectivity index (χ0) is 10.6. The predicted molar refractivity (Wildman–Crippen MR) is 66.6 cm³/mol. The molecule has 1 nitrogen and oxygen atoms in total. The maximum Gasteiger partial charge on any atom is 0.163 e. The number of rotatable bonds is 4. The van der Waals surface area contributed by atoms with Crippen molar-refractivity contribution in [3.8, 4) is 0 Å². The van der Waals surface area contributed by atoms with Gasteiger partial charge in [0, 0.05) is 22.6 Å². The molecule has 0 fully saturated rings. The maximum atomic E-state index is 11.6. The number of Topliss-reactive ketones (excluding diaryl/α,β-unsaturated/α-hetero) is 1. The molecule has 0 N–H and O–H groups in total. The van der Waals surface area contributed by atoms with Crippen molar-refractivity contribution >= 4 is 37.6 Å². The van der Waals surface area contributed by atoms with Gasteiger partial charge >= 0.3 is 0 Å². The standard InChI is InChI=1S/C11H12Br2O/c1-8-4-9(7-13)6-10(5-8)11(14)2-3-12/h4-6H,2-3,7H2,1H3. The molecule has 0 atom stereocenters. The van der Waals surface area contributed by atoms with Crippen molar-refractivity contribution < 1.29 is 4.79 Å². The molecule has 0 aliphatic heterocycles. The van der Waals surface area contributed by atoms with Gasteiger partial charge in [0.25, 0.3) is 0 Å². The fourth-order valence-corrected chi connectivity index (χ4v) is 2.01. The Labute approximate surface area is 101 Å². The van der Waals surface area contributed by atoms with Gasteiger partial charge in [-0.2, -0.15) is 0 Å². The number of hydrogen-bond acceptors (Lipinski definition) is 1. The number of carbonyl (C=O) groups is 1. The van der Waals surface area contributed by atoms with Crippen LogP contribution in [0.1, 0.15) is 27.9 Å². The Kier molecular flexibility index (Phi) is 4.82. The molecule has 0 radical (unpaired) electrons. The van der Waals surface area contributed by atoms with Crippen LogP contribution in [0.5, 0.6) is 0 Å². The molecule has 0 spiro atoms. The van der Waals surface area contributed by atoms with Crippen molar-refractivity contribution in [1.82, 2.24) is 0 Å². The molecule has 0 aromatic heterocycles. The van der Waals surface area contributed by atoms with Crippen molar-refractivity contribution in [2.45, 2.75) is 18.7 Å². The Morgan fingerprint density at radius 3 is 2.57 bits per heavy atom. The SMILES string of the molecule is Cc1cc(CBr)cc(C(=O)CCBr)c1. The normalized spacial score (nSPS) is 10.2. The van der Waals surface area contributed by atoms with Gasteiger partial charge in [0.05, 0.1) is 0 Å². The summed E-state index contributed by atoms with van der Waals surface area (Å²) >= 11 is 6.66. The molecule has 1 aromatic rings. The van der Waals surface area contributed by atoms with Crippen LogP contribution < -0.4 is 0 Å². The van der Waals surface area contributed by atoms with E-state index in [1.165, 1.54) is 0 Å². The van der Waals surface area contributed by atoms with Crippen LogP contribution in [0, 0.1) is 6.92 Å². The quantitative estimate of drug-likeness (QED) is 0.608. The summed E-state index contributed by atoms with van der Waals surface area (Å²) in [6, 6.07) is 5.98. The van der Waals surface area contributed by atoms with Gasteiger partial charge in [0.2, 0.25) is 0 Å². The molecule has 0 heterocycles. The smallest absolute Gasteiger partial charge is 0.163 e. The summed E-state index contributed by atoms with van der Waals surface area (Å²) in [6.45, 7) is 2.01. The average molecular weight is 320 g/mol. The second-order valence-corrected chi connectivity index (χ2v) is 4.56. The molecule has 1 rings (SSSR count). The van der Waals surface area contributed by atoms with Gasteiger partial charge in [-0.25, -0.2) is 0 Å². The summed E-state index contributed by atoms with van der Waals surface area (Å²) in [6.07, 6.45) is 0.561. The highest BCUT2D eigenvalue weighted by atomic mass is 79.9. The minimum absolute atomic E-state index is 0.202. The summed E-state index contributed by atoms with van der Waals surface area (Å²) in [4.78, 5) is 11.6. The number of hydrogen-bond donors (Lipinski definition) is 0. The first-order valence-corrected chi connectivity index (χ1v) is 6.67. The first-order valence-electron chi connectivity index (χ1n) is 4.43. The zero-order valence-corrected chi connectivity index (χ0v) is 11.2. The minimum Gasteiger partial charge on any atom is -0.294 e. The number of aryl methyl sites for hydroxylation is 1. The molecular formula is C11H12Br2O. The van der Waals surface area contributed by atoms with E-state index < -0.39 is 0 Å². The number of carbonyl (C=O) groups excluding carboxylic acids is 1. The van der Waals surface area contributed by atoms with E-state index in [2.05, 4.69) is 37.9 Å². The number of halogens is 2. The zero-order valence-electron chi connectivity index (χ0n) is 8.02. The highest BCUT2D eigenvalue weighted by Gasteiger charge is 2.06. The lowest BCUT2D eigenvalue weighted by atomic mass is 10.0. The maximum absolute atomic E-state index is 11.6. The molecule has 3 heteroatoms. The molecule has 1 aromatic carbocycles. The molecule has 0 aliphatic rings. The summed E-state index contributed by atoms with van der Waals surface area (Å²) in [5.74, 6) is 0.202. The molecular weight excluding hydrogens is 308 g/mol. The summed E-state index contributed by atoms with van der Waals surface area (Å²) in [7, 11) is 0. The van der Waals surface area contributed by atoms with Crippen LogP contribution >= 0.6 is 31.9 Å². The lowest BCUT2D eigenvalue weighted by Gasteiger charge is -2.04. The van der Waals surface area contributed by atoms with E-state index >= 15 is 0 Å². The Morgan fingerprint density at radius 1 is 1.29 bits per heavy atom. The fraction of sp³-hybridized carbons (Fsp3) is 0.364. The van der Waals surface area contributed by atoms with E-state index in [0.29, 0.717) is 6.42 Å². The Balaban J connectivity index is 2.96. The van der Waals surface area contributed by atoms with Crippen molar-refractivity contribution in [3.05, 3.63) is 34.9 Å². The summed E-state index contributed by atoms with van der Waals surface area (Å²) in [5.41, 5.74) is 3.11. The first-order chi connectivity index (χ1) is 6.67. The molecule has 0 aliphatic carbocycles. The predicted octanol–water partition coefficient (Wildman–Crippen LogP) is 3.86. The van der Waals surface area contributed by atoms with Crippen LogP contribution in [-0.2, 0) is 5.33 Å². The van der Waals surface area contributed by atoms with E-state index in [4.69, 9.17) is 0 Å². The molecule has 0 unspecified atom stereocenters. The number of alkyl halides is 2. The van der Waals surface area contributed by atoms with E-state index in [9.17, 15) is 4.79 Å². The molecule has 14 heavy (non-hydrogen) atoms. The van der Waals surface area contributed by atoms with Crippen LogP contribution in [0.4, 0.5) is 0 Å². The van der Waals surface area contributed by atoms with Gasteiger partial charge in [-0.1, -0.05) is 43.5 Å². The highest BCUT2D eigenvalue weighted by Crippen LogP contribution is 2.14. The fourth-order valence-electron chi connectivity index (χ4n) is 1.33. The lowest BCUT2D eigenvalue weighted by molar-refractivity contribution is 0.0989. The van der Waals surface area contributed by atoms with Crippen LogP contribution in [0.25, 0.3) is 0 Å². The van der Waals surface area contributed by atoms with Crippen LogP contribution in [0.15, 0.2) is 18.2 Å². The topological polar surface area (TPSA) is 17.1 Å². The van der Waals surface area contributed by atoms with E-state index in [0.717, 1.165) is 27.4 Å². The van der Waals surface area contributed by atoms with Crippen molar-refractivity contribution in [2.75, 3.05) is 5.33 Å². The third kappa shape index (κ3) is 3.21. The van der Waals surface area contributed by atoms with E-state index in [1.807, 2.05) is 19.1 Å². The second kappa shape index (κ2) is 5.66. The summed E-state index contributed by atoms with van der Waals surface area (Å²) < 4.78 is 0. The van der Waals surface area contributed by atoms with Crippen LogP contribution in [0.2, 0.25) is 0 Å². The third-order valence-corrected chi connectivity index (χ3v) is 2.98. The molecule has 0 amide bonds. The Hall–Kier alpha value is -0.150. The Bertz CT molecular complexity index is 334. The van der Waals surface area contributed by atoms with Gasteiger partial charge in [-0.15, -0.1) is 0 Å². The first kappa shape index (κ1) is 11.9. The molecule has 0 bridgehead atoms. The monoisotopic (exact) mass is 318 g/mol. The van der Waals surface area contributed by atoms with E-state index in [1.54, 1.807) is 0 Å². The molecule has 76 valence electrons. The van der Waals surface area contributed by atoms with E-state index in [-0.39, 0.29) is 5.78 Å². The van der Waals surface area contributed by atoms with Gasteiger partial charge in [0.1, 0.15) is 0 Å². The van der Waals surface area contributed by atoms with Crippen LogP contribution in [0.3, 0.4) is 0 Å². The van der Waals surface area contributed by atoms with Gasteiger partial charge in [-0.3, -0.25) is 4.79 Å². The molecule has 0 saturated carbocycles. The lowest BCUT2D eigenvalue weighted by Crippen LogP contribution is -2.00.